The van der Waals surface area contributed by atoms with E-state index in [0.29, 0.717) is 0 Å². The van der Waals surface area contributed by atoms with Crippen LogP contribution in [0.1, 0.15) is 69.0 Å². The summed E-state index contributed by atoms with van der Waals surface area (Å²) in [5.74, 6) is 0. The molecule has 2 aromatic carbocycles. The first-order chi connectivity index (χ1) is 13.2. The van der Waals surface area contributed by atoms with Crippen molar-refractivity contribution >= 4 is 12.2 Å². The smallest absolute Gasteiger partial charge is 1.00 e. The first-order valence-corrected chi connectivity index (χ1v) is 16.4. The third kappa shape index (κ3) is 2.87. The molecule has 3 aliphatic carbocycles. The molecule has 0 amide bonds. The van der Waals surface area contributed by atoms with Crippen LogP contribution in [0.2, 0.25) is 7.25 Å². The molecule has 2 aromatic rings. The molecule has 4 aliphatic rings. The first-order valence-electron chi connectivity index (χ1n) is 10.8. The minimum atomic E-state index is -2.55. The van der Waals surface area contributed by atoms with E-state index < -0.39 is 20.3 Å². The van der Waals surface area contributed by atoms with Gasteiger partial charge in [0.25, 0.3) is 0 Å². The number of rotatable bonds is 2. The molecule has 0 bridgehead atoms. The normalized spacial score (nSPS) is 31.1. The Morgan fingerprint density at radius 2 is 1.07 bits per heavy atom. The molecule has 0 N–H and O–H groups in total. The van der Waals surface area contributed by atoms with Gasteiger partial charge in [0.1, 0.15) is 0 Å². The van der Waals surface area contributed by atoms with E-state index in [9.17, 15) is 0 Å². The second kappa shape index (κ2) is 7.82. The van der Waals surface area contributed by atoms with E-state index >= 15 is 0 Å². The average Bonchev–Trinajstić information content (AvgIpc) is 3.01. The Kier molecular flexibility index (Phi) is 5.82. The van der Waals surface area contributed by atoms with E-state index in [1.165, 1.54) is 36.8 Å². The minimum Gasteiger partial charge on any atom is -1.00 e. The van der Waals surface area contributed by atoms with E-state index in [0.717, 1.165) is 14.5 Å². The zero-order valence-corrected chi connectivity index (χ0v) is 21.1. The summed E-state index contributed by atoms with van der Waals surface area (Å²) in [5, 5.41) is 0. The molecular formula is C26H28Cl2Zr. The van der Waals surface area contributed by atoms with Gasteiger partial charge in [-0.2, -0.15) is 0 Å². The summed E-state index contributed by atoms with van der Waals surface area (Å²) in [4.78, 5) is 0. The number of allylic oxidation sites excluding steroid dienone is 2. The van der Waals surface area contributed by atoms with Crippen molar-refractivity contribution < 1.29 is 45.1 Å². The molecule has 3 heteroatoms. The standard InChI is InChI=1S/2C10H9.C6H10.2ClH.Zr/c2*1-8-6-9-4-2-3-5-10(9)7-8;1-2-4-6-5-3-1;;;/h2*2-7H,1H3;1-2H,3-6H2;2*1H;/q;;;;;+2/p-2. The molecular weight excluding hydrogens is 474 g/mol. The van der Waals surface area contributed by atoms with E-state index in [-0.39, 0.29) is 24.8 Å². The first kappa shape index (κ1) is 21.6. The maximum absolute atomic E-state index is 2.55. The minimum absolute atomic E-state index is 0. The van der Waals surface area contributed by atoms with Gasteiger partial charge in [0, 0.05) is 0 Å². The monoisotopic (exact) mass is 500 g/mol. The van der Waals surface area contributed by atoms with E-state index in [2.05, 4.69) is 74.5 Å². The zero-order chi connectivity index (χ0) is 18.2. The fourth-order valence-electron chi connectivity index (χ4n) is 7.53. The molecule has 1 saturated heterocycles. The quantitative estimate of drug-likeness (QED) is 0.586. The average molecular weight is 503 g/mol. The molecule has 4 unspecified atom stereocenters. The van der Waals surface area contributed by atoms with Crippen molar-refractivity contribution in [1.29, 1.82) is 0 Å². The molecule has 1 saturated carbocycles. The van der Waals surface area contributed by atoms with Crippen LogP contribution < -0.4 is 24.8 Å². The Morgan fingerprint density at radius 1 is 0.655 bits per heavy atom. The fourth-order valence-corrected chi connectivity index (χ4v) is 30.8. The van der Waals surface area contributed by atoms with Gasteiger partial charge in [0.05, 0.1) is 0 Å². The summed E-state index contributed by atoms with van der Waals surface area (Å²) >= 11 is -2.55. The molecule has 150 valence electrons. The predicted octanol–water partition coefficient (Wildman–Crippen LogP) is 1.63. The van der Waals surface area contributed by atoms with E-state index in [4.69, 9.17) is 0 Å². The molecule has 6 rings (SSSR count). The Bertz CT molecular complexity index is 924. The molecule has 0 aromatic heterocycles. The Morgan fingerprint density at radius 3 is 1.52 bits per heavy atom. The number of benzene rings is 2. The Balaban J connectivity index is 0.00000102. The van der Waals surface area contributed by atoms with Gasteiger partial charge in [-0.3, -0.25) is 0 Å². The van der Waals surface area contributed by atoms with Crippen LogP contribution in [0.5, 0.6) is 0 Å². The zero-order valence-electron chi connectivity index (χ0n) is 17.2. The molecule has 0 spiro atoms. The summed E-state index contributed by atoms with van der Waals surface area (Å²) < 4.78 is 3.82. The SMILES string of the molecule is CC1=Cc2ccccc2[CH]1[Zr+2]1([CH]2C(C)=Cc3ccccc32)[CH]2CCCC[CH]21.[Cl-].[Cl-]. The van der Waals surface area contributed by atoms with Crippen LogP contribution in [-0.2, 0) is 20.3 Å². The van der Waals surface area contributed by atoms with Gasteiger partial charge in [0.2, 0.25) is 0 Å². The van der Waals surface area contributed by atoms with E-state index in [1.54, 1.807) is 22.3 Å². The van der Waals surface area contributed by atoms with Gasteiger partial charge in [-0.1, -0.05) is 0 Å². The van der Waals surface area contributed by atoms with Gasteiger partial charge in [0.15, 0.2) is 0 Å². The van der Waals surface area contributed by atoms with Gasteiger partial charge in [-0.25, -0.2) is 0 Å². The summed E-state index contributed by atoms with van der Waals surface area (Å²) in [5.41, 5.74) is 9.81. The summed E-state index contributed by atoms with van der Waals surface area (Å²) in [6.45, 7) is 4.90. The summed E-state index contributed by atoms with van der Waals surface area (Å²) in [7, 11) is 0. The van der Waals surface area contributed by atoms with Gasteiger partial charge >= 0.3 is 168 Å². The predicted molar refractivity (Wildman–Crippen MR) is 112 cm³/mol. The van der Waals surface area contributed by atoms with Crippen molar-refractivity contribution in [3.8, 4) is 0 Å². The van der Waals surface area contributed by atoms with Gasteiger partial charge < -0.3 is 24.8 Å². The number of hydrogen-bond acceptors (Lipinski definition) is 0. The van der Waals surface area contributed by atoms with Crippen LogP contribution in [0.15, 0.2) is 59.7 Å². The van der Waals surface area contributed by atoms with Gasteiger partial charge in [-0.05, 0) is 0 Å². The second-order valence-corrected chi connectivity index (χ2v) is 20.8. The van der Waals surface area contributed by atoms with Crippen LogP contribution in [0.25, 0.3) is 12.2 Å². The number of hydrogen-bond donors (Lipinski definition) is 0. The van der Waals surface area contributed by atoms with Crippen molar-refractivity contribution in [3.63, 3.8) is 0 Å². The van der Waals surface area contributed by atoms with Crippen LogP contribution in [0, 0.1) is 0 Å². The topological polar surface area (TPSA) is 0 Å². The molecule has 0 radical (unpaired) electrons. The molecule has 1 heterocycles. The van der Waals surface area contributed by atoms with Crippen molar-refractivity contribution in [2.75, 3.05) is 0 Å². The molecule has 1 aliphatic heterocycles. The van der Waals surface area contributed by atoms with Crippen molar-refractivity contribution in [2.45, 2.75) is 54.0 Å². The maximum atomic E-state index is 2.53. The Hall–Kier alpha value is -0.617. The van der Waals surface area contributed by atoms with Crippen LogP contribution in [-0.4, -0.2) is 0 Å². The van der Waals surface area contributed by atoms with E-state index in [1.807, 2.05) is 0 Å². The fraction of sp³-hybridized carbons (Fsp3) is 0.385. The maximum Gasteiger partial charge on any atom is -1.00 e. The molecule has 0 nitrogen and oxygen atoms in total. The summed E-state index contributed by atoms with van der Waals surface area (Å²) in [6.07, 6.45) is 11.1. The molecule has 29 heavy (non-hydrogen) atoms. The number of fused-ring (bicyclic) bond motifs is 3. The van der Waals surface area contributed by atoms with Crippen LogP contribution in [0.4, 0.5) is 0 Å². The summed E-state index contributed by atoms with van der Waals surface area (Å²) in [6, 6.07) is 18.7. The Labute approximate surface area is 192 Å². The third-order valence-electron chi connectivity index (χ3n) is 8.23. The van der Waals surface area contributed by atoms with Crippen molar-refractivity contribution in [3.05, 3.63) is 81.9 Å². The largest absolute Gasteiger partial charge is 1.00 e. The molecule has 2 fully saturated rings. The van der Waals surface area contributed by atoms with Gasteiger partial charge in [-0.15, -0.1) is 0 Å². The van der Waals surface area contributed by atoms with Crippen molar-refractivity contribution in [2.24, 2.45) is 0 Å². The molecule has 4 atom stereocenters. The van der Waals surface area contributed by atoms with Crippen LogP contribution in [0.3, 0.4) is 0 Å². The second-order valence-electron chi connectivity index (χ2n) is 9.40. The van der Waals surface area contributed by atoms with Crippen molar-refractivity contribution in [1.82, 2.24) is 0 Å². The van der Waals surface area contributed by atoms with Crippen LogP contribution >= 0.6 is 0 Å². The third-order valence-corrected chi connectivity index (χ3v) is 25.7. The number of halogens is 2.